The summed E-state index contributed by atoms with van der Waals surface area (Å²) >= 11 is 7.60. The summed E-state index contributed by atoms with van der Waals surface area (Å²) in [6.45, 7) is 4.46. The van der Waals surface area contributed by atoms with Gasteiger partial charge in [-0.3, -0.25) is 4.79 Å². The second-order valence-electron chi connectivity index (χ2n) is 10.5. The number of amides is 1. The van der Waals surface area contributed by atoms with Gasteiger partial charge in [0.25, 0.3) is 5.91 Å². The zero-order chi connectivity index (χ0) is 30.8. The Hall–Kier alpha value is -2.92. The summed E-state index contributed by atoms with van der Waals surface area (Å²) in [5.74, 6) is 0.698. The summed E-state index contributed by atoms with van der Waals surface area (Å²) in [7, 11) is 0. The molecular formula is C35H39ClLiNO5S. The van der Waals surface area contributed by atoms with E-state index in [4.69, 9.17) is 20.8 Å². The molecule has 6 nitrogen and oxygen atoms in total. The number of furan rings is 1. The Morgan fingerprint density at radius 1 is 1.00 bits per heavy atom. The molecule has 0 aliphatic carbocycles. The fraction of sp³-hybridized carbons (Fsp3) is 0.314. The Morgan fingerprint density at radius 3 is 2.43 bits per heavy atom. The third-order valence-corrected chi connectivity index (χ3v) is 8.22. The van der Waals surface area contributed by atoms with E-state index in [2.05, 4.69) is 12.2 Å². The molecule has 0 saturated heterocycles. The number of hydrogen-bond acceptors (Lipinski definition) is 5. The predicted octanol–water partition coefficient (Wildman–Crippen LogP) is 8.31. The van der Waals surface area contributed by atoms with Gasteiger partial charge >= 0.3 is 24.8 Å². The van der Waals surface area contributed by atoms with Crippen LogP contribution in [0.2, 0.25) is 5.02 Å². The standard InChI is InChI=1S/C35H38ClNO5S.Li.H/c1-4-5-10-32(33-18-17-31(42-33)25-12-14-26(36)15-13-25)41-22-24-11-16-28(29(21-24)27-9-7-6-8-23(27)2)34(38)37-30(35(39)40)19-20-43-3;;/h6-9,11-18,21,30,32H,4-5,10,19-20,22H2,1-3H3,(H,37,38)(H,39,40);;/t30-,32?;;/m0../s1. The van der Waals surface area contributed by atoms with Crippen LogP contribution in [0, 0.1) is 6.92 Å². The van der Waals surface area contributed by atoms with Crippen LogP contribution in [-0.2, 0) is 16.1 Å². The van der Waals surface area contributed by atoms with E-state index in [0.717, 1.165) is 58.6 Å². The predicted molar refractivity (Wildman–Crippen MR) is 182 cm³/mol. The minimum atomic E-state index is -1.04. The molecule has 1 amide bonds. The number of hydrogen-bond donors (Lipinski definition) is 2. The molecule has 2 atom stereocenters. The Kier molecular flexibility index (Phi) is 14.2. The average Bonchev–Trinajstić information content (AvgIpc) is 3.49. The first kappa shape index (κ1) is 35.6. The van der Waals surface area contributed by atoms with Gasteiger partial charge in [0.1, 0.15) is 23.7 Å². The van der Waals surface area contributed by atoms with Gasteiger partial charge in [0.2, 0.25) is 0 Å². The van der Waals surface area contributed by atoms with Crippen molar-refractivity contribution in [2.75, 3.05) is 12.0 Å². The molecule has 1 heterocycles. The van der Waals surface area contributed by atoms with Gasteiger partial charge < -0.3 is 19.6 Å². The maximum atomic E-state index is 13.4. The monoisotopic (exact) mass is 627 g/mol. The topological polar surface area (TPSA) is 88.8 Å². The van der Waals surface area contributed by atoms with Gasteiger partial charge in [-0.05, 0) is 103 Å². The van der Waals surface area contributed by atoms with Crippen molar-refractivity contribution in [1.29, 1.82) is 0 Å². The average molecular weight is 628 g/mol. The number of aliphatic carboxylic acids is 1. The van der Waals surface area contributed by atoms with Gasteiger partial charge in [0, 0.05) is 16.1 Å². The summed E-state index contributed by atoms with van der Waals surface area (Å²) in [6, 6.07) is 23.9. The fourth-order valence-corrected chi connectivity index (χ4v) is 5.49. The molecule has 2 N–H and O–H groups in total. The first-order valence-electron chi connectivity index (χ1n) is 14.5. The molecule has 0 fully saturated rings. The zero-order valence-corrected chi connectivity index (χ0v) is 26.3. The van der Waals surface area contributed by atoms with Gasteiger partial charge in [0.15, 0.2) is 0 Å². The molecule has 4 rings (SSSR count). The Balaban J connectivity index is 0.00000529. The van der Waals surface area contributed by atoms with Crippen molar-refractivity contribution >= 4 is 54.1 Å². The number of thioether (sulfide) groups is 1. The van der Waals surface area contributed by atoms with Crippen molar-refractivity contribution in [3.63, 3.8) is 0 Å². The molecule has 1 unspecified atom stereocenters. The number of ether oxygens (including phenoxy) is 1. The molecule has 4 aromatic rings. The molecule has 44 heavy (non-hydrogen) atoms. The second-order valence-corrected chi connectivity index (χ2v) is 11.9. The molecule has 9 heteroatoms. The van der Waals surface area contributed by atoms with Crippen LogP contribution in [0.25, 0.3) is 22.5 Å². The molecule has 0 spiro atoms. The van der Waals surface area contributed by atoms with E-state index in [-0.39, 0.29) is 25.0 Å². The number of unbranched alkanes of at least 4 members (excludes halogenated alkanes) is 1. The van der Waals surface area contributed by atoms with Crippen molar-refractivity contribution in [3.8, 4) is 22.5 Å². The van der Waals surface area contributed by atoms with Crippen molar-refractivity contribution in [2.24, 2.45) is 0 Å². The maximum absolute atomic E-state index is 13.4. The van der Waals surface area contributed by atoms with Crippen LogP contribution < -0.4 is 5.32 Å². The molecule has 3 aromatic carbocycles. The van der Waals surface area contributed by atoms with E-state index in [1.807, 2.05) is 86.0 Å². The molecule has 228 valence electrons. The molecule has 0 radical (unpaired) electrons. The van der Waals surface area contributed by atoms with Crippen LogP contribution in [0.15, 0.2) is 83.3 Å². The Morgan fingerprint density at radius 2 is 1.75 bits per heavy atom. The third kappa shape index (κ3) is 9.54. The first-order valence-corrected chi connectivity index (χ1v) is 16.3. The number of carboxylic acids is 1. The van der Waals surface area contributed by atoms with Crippen molar-refractivity contribution in [3.05, 3.63) is 106 Å². The van der Waals surface area contributed by atoms with Gasteiger partial charge in [-0.15, -0.1) is 0 Å². The van der Waals surface area contributed by atoms with Crippen molar-refractivity contribution in [1.82, 2.24) is 5.32 Å². The normalized spacial score (nSPS) is 12.3. The Bertz CT molecular complexity index is 1520. The number of halogens is 1. The van der Waals surface area contributed by atoms with E-state index in [0.29, 0.717) is 29.4 Å². The molecular weight excluding hydrogens is 589 g/mol. The van der Waals surface area contributed by atoms with E-state index in [1.165, 1.54) is 0 Å². The number of rotatable bonds is 15. The summed E-state index contributed by atoms with van der Waals surface area (Å²) in [4.78, 5) is 25.2. The number of carbonyl (C=O) groups excluding carboxylic acids is 1. The number of aryl methyl sites for hydroxylation is 1. The van der Waals surface area contributed by atoms with Crippen molar-refractivity contribution < 1.29 is 23.8 Å². The van der Waals surface area contributed by atoms with Gasteiger partial charge in [-0.25, -0.2) is 4.79 Å². The fourth-order valence-electron chi connectivity index (χ4n) is 4.90. The van der Waals surface area contributed by atoms with Crippen LogP contribution in [0.1, 0.15) is 66.0 Å². The van der Waals surface area contributed by atoms with Gasteiger partial charge in [-0.1, -0.05) is 61.7 Å². The van der Waals surface area contributed by atoms with E-state index in [9.17, 15) is 14.7 Å². The SMILES string of the molecule is CCCCC(OCc1ccc(C(=O)N[C@@H](CCSC)C(=O)O)c(-c2ccccc2C)c1)c1ccc(-c2ccc(Cl)cc2)o1.[LiH]. The molecule has 0 aliphatic rings. The summed E-state index contributed by atoms with van der Waals surface area (Å²) in [6.07, 6.45) is 4.84. The number of nitrogens with one attached hydrogen (secondary N) is 1. The van der Waals surface area contributed by atoms with Crippen LogP contribution in [0.3, 0.4) is 0 Å². The number of carboxylic acid groups (broad SMARTS) is 1. The quantitative estimate of drug-likeness (QED) is 0.129. The summed E-state index contributed by atoms with van der Waals surface area (Å²) in [5, 5.41) is 13.1. The number of benzene rings is 3. The minimum absolute atomic E-state index is 0. The molecule has 0 aliphatic heterocycles. The summed E-state index contributed by atoms with van der Waals surface area (Å²) < 4.78 is 12.7. The third-order valence-electron chi connectivity index (χ3n) is 7.32. The van der Waals surface area contributed by atoms with Gasteiger partial charge in [-0.2, -0.15) is 11.8 Å². The first-order chi connectivity index (χ1) is 20.8. The van der Waals surface area contributed by atoms with Gasteiger partial charge in [0.05, 0.1) is 6.61 Å². The van der Waals surface area contributed by atoms with E-state index < -0.39 is 17.9 Å². The summed E-state index contributed by atoms with van der Waals surface area (Å²) in [5.41, 5.74) is 4.93. The Labute approximate surface area is 281 Å². The van der Waals surface area contributed by atoms with E-state index >= 15 is 0 Å². The van der Waals surface area contributed by atoms with Crippen molar-refractivity contribution in [2.45, 2.75) is 58.3 Å². The van der Waals surface area contributed by atoms with Crippen LogP contribution >= 0.6 is 23.4 Å². The second kappa shape index (κ2) is 17.5. The van der Waals surface area contributed by atoms with E-state index in [1.54, 1.807) is 17.8 Å². The van der Waals surface area contributed by atoms with Crippen LogP contribution in [-0.4, -0.2) is 53.9 Å². The molecule has 0 bridgehead atoms. The van der Waals surface area contributed by atoms with Crippen LogP contribution in [0.4, 0.5) is 0 Å². The number of carbonyl (C=O) groups is 2. The molecule has 0 saturated carbocycles. The zero-order valence-electron chi connectivity index (χ0n) is 24.8. The molecule has 1 aromatic heterocycles. The van der Waals surface area contributed by atoms with Crippen LogP contribution in [0.5, 0.6) is 0 Å².